The second kappa shape index (κ2) is 18.2. The molecular formula is C32H48N4O7S. The van der Waals surface area contributed by atoms with E-state index in [4.69, 9.17) is 18.9 Å². The highest BCUT2D eigenvalue weighted by atomic mass is 32.1. The van der Waals surface area contributed by atoms with Crippen LogP contribution in [0.5, 0.6) is 0 Å². The number of aromatic nitrogens is 1. The van der Waals surface area contributed by atoms with Gasteiger partial charge in [-0.05, 0) is 43.2 Å². The third-order valence-corrected chi connectivity index (χ3v) is 8.22. The highest BCUT2D eigenvalue weighted by Gasteiger charge is 2.41. The fraction of sp³-hybridized carbons (Fsp3) is 0.625. The Morgan fingerprint density at radius 1 is 1.00 bits per heavy atom. The Labute approximate surface area is 265 Å². The lowest BCUT2D eigenvalue weighted by Gasteiger charge is -2.35. The summed E-state index contributed by atoms with van der Waals surface area (Å²) in [5.74, 6) is -0.851. The molecule has 244 valence electrons. The Balaban J connectivity index is 1.43. The first kappa shape index (κ1) is 35.6. The molecule has 1 saturated heterocycles. The summed E-state index contributed by atoms with van der Waals surface area (Å²) in [5, 5.41) is 5.84. The largest absolute Gasteiger partial charge is 0.379 e. The van der Waals surface area contributed by atoms with Gasteiger partial charge in [0.1, 0.15) is 18.7 Å². The molecule has 3 rings (SSSR count). The molecule has 0 bridgehead atoms. The van der Waals surface area contributed by atoms with Crippen LogP contribution in [-0.2, 0) is 39.9 Å². The van der Waals surface area contributed by atoms with Gasteiger partial charge in [-0.3, -0.25) is 14.4 Å². The predicted molar refractivity (Wildman–Crippen MR) is 169 cm³/mol. The van der Waals surface area contributed by atoms with E-state index in [-0.39, 0.29) is 25.0 Å². The van der Waals surface area contributed by atoms with Crippen LogP contribution in [0.15, 0.2) is 29.8 Å². The van der Waals surface area contributed by atoms with Crippen molar-refractivity contribution in [1.82, 2.24) is 20.5 Å². The fourth-order valence-electron chi connectivity index (χ4n) is 4.85. The van der Waals surface area contributed by atoms with Crippen molar-refractivity contribution in [2.75, 3.05) is 59.4 Å². The molecule has 0 unspecified atom stereocenters. The Morgan fingerprint density at radius 2 is 1.64 bits per heavy atom. The number of ether oxygens (including phenoxy) is 4. The van der Waals surface area contributed by atoms with E-state index in [0.717, 1.165) is 28.1 Å². The highest BCUT2D eigenvalue weighted by molar-refractivity contribution is 7.13. The number of nitrogens with one attached hydrogen (secondary N) is 2. The molecule has 2 atom stereocenters. The van der Waals surface area contributed by atoms with Crippen molar-refractivity contribution < 1.29 is 33.3 Å². The van der Waals surface area contributed by atoms with E-state index in [2.05, 4.69) is 15.6 Å². The molecule has 0 radical (unpaired) electrons. The molecule has 1 aromatic heterocycles. The van der Waals surface area contributed by atoms with Crippen LogP contribution < -0.4 is 10.6 Å². The number of rotatable bonds is 18. The van der Waals surface area contributed by atoms with E-state index in [1.807, 2.05) is 64.4 Å². The topological polar surface area (TPSA) is 128 Å². The fourth-order valence-corrected chi connectivity index (χ4v) is 5.66. The molecule has 1 fully saturated rings. The minimum absolute atomic E-state index is 0.194. The maximum atomic E-state index is 13.7. The predicted octanol–water partition coefficient (Wildman–Crippen LogP) is 3.34. The summed E-state index contributed by atoms with van der Waals surface area (Å²) < 4.78 is 21.5. The van der Waals surface area contributed by atoms with Gasteiger partial charge in [0.2, 0.25) is 17.7 Å². The van der Waals surface area contributed by atoms with Gasteiger partial charge in [0.05, 0.1) is 55.7 Å². The lowest BCUT2D eigenvalue weighted by atomic mass is 9.85. The summed E-state index contributed by atoms with van der Waals surface area (Å²) in [7, 11) is 0. The number of benzene rings is 1. The summed E-state index contributed by atoms with van der Waals surface area (Å²) in [6.45, 7) is 13.4. The third kappa shape index (κ3) is 11.2. The standard InChI is InChI=1S/C32H48N4O7S/c1-6-40-14-15-41-16-17-42-18-19-43-21-27(37)35-29(32(3,4)5)31(39)36-13-7-8-26(36)30(38)33-20-24-9-11-25(12-10-24)28-23(2)34-22-44-28/h9-12,22,26,29H,6-8,13-21H2,1-5H3,(H,33,38)(H,35,37)/t26-,29+/m0/s1. The maximum absolute atomic E-state index is 13.7. The minimum atomic E-state index is -0.806. The van der Waals surface area contributed by atoms with Crippen molar-refractivity contribution in [2.45, 2.75) is 66.1 Å². The first-order valence-corrected chi connectivity index (χ1v) is 16.2. The van der Waals surface area contributed by atoms with E-state index in [9.17, 15) is 14.4 Å². The monoisotopic (exact) mass is 632 g/mol. The SMILES string of the molecule is CCOCCOCCOCCOCC(=O)N[C@H](C(=O)N1CCC[C@H]1C(=O)NCc1ccc(-c2scnc2C)cc1)C(C)(C)C. The Bertz CT molecular complexity index is 1180. The molecule has 44 heavy (non-hydrogen) atoms. The Kier molecular flexibility index (Phi) is 14.7. The second-order valence-electron chi connectivity index (χ2n) is 11.7. The van der Waals surface area contributed by atoms with E-state index in [0.29, 0.717) is 59.2 Å². The number of aryl methyl sites for hydroxylation is 1. The molecule has 0 saturated carbocycles. The van der Waals surface area contributed by atoms with Crippen molar-refractivity contribution in [3.63, 3.8) is 0 Å². The molecule has 2 N–H and O–H groups in total. The molecule has 1 aromatic carbocycles. The number of hydrogen-bond acceptors (Lipinski definition) is 9. The van der Waals surface area contributed by atoms with Crippen LogP contribution in [0.25, 0.3) is 10.4 Å². The molecule has 11 nitrogen and oxygen atoms in total. The number of amides is 3. The zero-order chi connectivity index (χ0) is 32.0. The number of hydrogen-bond donors (Lipinski definition) is 2. The van der Waals surface area contributed by atoms with Crippen LogP contribution >= 0.6 is 11.3 Å². The molecule has 1 aliphatic rings. The first-order valence-electron chi connectivity index (χ1n) is 15.3. The van der Waals surface area contributed by atoms with E-state index in [1.165, 1.54) is 0 Å². The lowest BCUT2D eigenvalue weighted by Crippen LogP contribution is -2.58. The summed E-state index contributed by atoms with van der Waals surface area (Å²) in [6, 6.07) is 6.65. The smallest absolute Gasteiger partial charge is 0.246 e. The first-order chi connectivity index (χ1) is 21.1. The molecule has 12 heteroatoms. The van der Waals surface area contributed by atoms with Crippen molar-refractivity contribution >= 4 is 29.1 Å². The summed E-state index contributed by atoms with van der Waals surface area (Å²) in [4.78, 5) is 46.7. The molecule has 2 aromatic rings. The van der Waals surface area contributed by atoms with Crippen LogP contribution in [-0.4, -0.2) is 99.1 Å². The number of thiazole rings is 1. The number of carbonyl (C=O) groups excluding carboxylic acids is 3. The highest BCUT2D eigenvalue weighted by Crippen LogP contribution is 2.28. The quantitative estimate of drug-likeness (QED) is 0.240. The van der Waals surface area contributed by atoms with E-state index in [1.54, 1.807) is 16.2 Å². The summed E-state index contributed by atoms with van der Waals surface area (Å²) >= 11 is 1.60. The average Bonchev–Trinajstić information content (AvgIpc) is 3.66. The van der Waals surface area contributed by atoms with Crippen molar-refractivity contribution in [1.29, 1.82) is 0 Å². The average molecular weight is 633 g/mol. The number of carbonyl (C=O) groups is 3. The van der Waals surface area contributed by atoms with Crippen molar-refractivity contribution in [3.05, 3.63) is 41.0 Å². The molecule has 3 amide bonds. The molecule has 0 spiro atoms. The van der Waals surface area contributed by atoms with Crippen LogP contribution in [0.2, 0.25) is 0 Å². The zero-order valence-corrected chi connectivity index (χ0v) is 27.5. The van der Waals surface area contributed by atoms with Gasteiger partial charge in [-0.2, -0.15) is 0 Å². The van der Waals surface area contributed by atoms with Gasteiger partial charge in [0.25, 0.3) is 0 Å². The van der Waals surface area contributed by atoms with Gasteiger partial charge < -0.3 is 34.5 Å². The van der Waals surface area contributed by atoms with Crippen molar-refractivity contribution in [3.8, 4) is 10.4 Å². The van der Waals surface area contributed by atoms with Gasteiger partial charge in [-0.1, -0.05) is 45.0 Å². The molecule has 2 heterocycles. The second-order valence-corrected chi connectivity index (χ2v) is 12.6. The minimum Gasteiger partial charge on any atom is -0.379 e. The molecule has 1 aliphatic heterocycles. The molecule has 0 aliphatic carbocycles. The third-order valence-electron chi connectivity index (χ3n) is 7.24. The van der Waals surface area contributed by atoms with Gasteiger partial charge in [-0.15, -0.1) is 11.3 Å². The van der Waals surface area contributed by atoms with Gasteiger partial charge >= 0.3 is 0 Å². The van der Waals surface area contributed by atoms with E-state index >= 15 is 0 Å². The Hall–Kier alpha value is -2.90. The Morgan fingerprint density at radius 3 is 2.23 bits per heavy atom. The van der Waals surface area contributed by atoms with Crippen LogP contribution in [0.1, 0.15) is 51.8 Å². The van der Waals surface area contributed by atoms with Crippen LogP contribution in [0.4, 0.5) is 0 Å². The number of likely N-dealkylation sites (tertiary alicyclic amines) is 1. The normalized spacial score (nSPS) is 15.8. The van der Waals surface area contributed by atoms with Gasteiger partial charge in [0, 0.05) is 19.7 Å². The zero-order valence-electron chi connectivity index (χ0n) is 26.7. The van der Waals surface area contributed by atoms with E-state index < -0.39 is 23.4 Å². The molecular weight excluding hydrogens is 584 g/mol. The van der Waals surface area contributed by atoms with Crippen LogP contribution in [0.3, 0.4) is 0 Å². The van der Waals surface area contributed by atoms with Crippen molar-refractivity contribution in [2.24, 2.45) is 5.41 Å². The van der Waals surface area contributed by atoms with Crippen LogP contribution in [0, 0.1) is 12.3 Å². The number of nitrogens with zero attached hydrogens (tertiary/aromatic N) is 2. The van der Waals surface area contributed by atoms with Gasteiger partial charge in [0.15, 0.2) is 0 Å². The van der Waals surface area contributed by atoms with Gasteiger partial charge in [-0.25, -0.2) is 4.98 Å². The summed E-state index contributed by atoms with van der Waals surface area (Å²) in [5.41, 5.74) is 4.32. The maximum Gasteiger partial charge on any atom is 0.246 e. The lowest BCUT2D eigenvalue weighted by molar-refractivity contribution is -0.144. The summed E-state index contributed by atoms with van der Waals surface area (Å²) in [6.07, 6.45) is 1.30.